The van der Waals surface area contributed by atoms with Crippen molar-refractivity contribution in [3.8, 4) is 0 Å². The summed E-state index contributed by atoms with van der Waals surface area (Å²) in [6.45, 7) is 12.5. The van der Waals surface area contributed by atoms with Gasteiger partial charge in [0.1, 0.15) is 38.4 Å². The molecule has 166 valence electrons. The Morgan fingerprint density at radius 3 is 2.65 bits per heavy atom. The maximum atomic E-state index is 5.60. The van der Waals surface area contributed by atoms with Crippen LogP contribution >= 0.6 is 0 Å². The molecule has 0 amide bonds. The standard InChI is InChI=1S/C22H28N4O5/c1-6-11-29-24-20(14-16(2)3)17(4)23-31-15-18-9-7-8-10-19(18)21(25-27-5)22-26-30-13-12-28-22/h6-10H,1-2,11-15H2,3-5H3/b23-17+,24-20+,25-21+. The molecule has 0 saturated heterocycles. The summed E-state index contributed by atoms with van der Waals surface area (Å²) in [6, 6.07) is 7.52. The summed E-state index contributed by atoms with van der Waals surface area (Å²) < 4.78 is 5.56. The zero-order chi connectivity index (χ0) is 22.5. The van der Waals surface area contributed by atoms with Gasteiger partial charge in [-0.3, -0.25) is 0 Å². The Kier molecular flexibility index (Phi) is 9.80. The highest BCUT2D eigenvalue weighted by Gasteiger charge is 2.21. The van der Waals surface area contributed by atoms with E-state index < -0.39 is 0 Å². The molecule has 1 heterocycles. The van der Waals surface area contributed by atoms with Gasteiger partial charge in [0.2, 0.25) is 0 Å². The second-order valence-corrected chi connectivity index (χ2v) is 6.56. The molecule has 1 aliphatic rings. The maximum Gasteiger partial charge on any atom is 0.280 e. The average molecular weight is 428 g/mol. The largest absolute Gasteiger partial charge is 0.470 e. The van der Waals surface area contributed by atoms with E-state index in [9.17, 15) is 0 Å². The van der Waals surface area contributed by atoms with Gasteiger partial charge in [-0.15, -0.1) is 0 Å². The van der Waals surface area contributed by atoms with Crippen LogP contribution in [0.1, 0.15) is 31.4 Å². The van der Waals surface area contributed by atoms with Crippen LogP contribution in [0.25, 0.3) is 0 Å². The summed E-state index contributed by atoms with van der Waals surface area (Å²) in [4.78, 5) is 20.9. The van der Waals surface area contributed by atoms with Gasteiger partial charge in [0.05, 0.1) is 0 Å². The molecule has 9 heteroatoms. The van der Waals surface area contributed by atoms with Crippen molar-refractivity contribution in [3.63, 3.8) is 0 Å². The maximum absolute atomic E-state index is 5.60. The normalized spacial score (nSPS) is 14.7. The van der Waals surface area contributed by atoms with Crippen molar-refractivity contribution in [3.05, 3.63) is 60.2 Å². The summed E-state index contributed by atoms with van der Waals surface area (Å²) in [5, 5.41) is 16.3. The molecule has 0 unspecified atom stereocenters. The van der Waals surface area contributed by atoms with Crippen LogP contribution in [0.4, 0.5) is 0 Å². The molecule has 9 nitrogen and oxygen atoms in total. The van der Waals surface area contributed by atoms with Gasteiger partial charge in [0.25, 0.3) is 5.90 Å². The van der Waals surface area contributed by atoms with Gasteiger partial charge in [0.15, 0.2) is 12.3 Å². The monoisotopic (exact) mass is 428 g/mol. The zero-order valence-electron chi connectivity index (χ0n) is 18.2. The van der Waals surface area contributed by atoms with Crippen LogP contribution in [0.2, 0.25) is 0 Å². The number of hydrogen-bond acceptors (Lipinski definition) is 9. The van der Waals surface area contributed by atoms with Crippen LogP contribution in [0.3, 0.4) is 0 Å². The number of benzene rings is 1. The quantitative estimate of drug-likeness (QED) is 0.218. The first-order valence-corrected chi connectivity index (χ1v) is 9.70. The van der Waals surface area contributed by atoms with Gasteiger partial charge < -0.3 is 24.1 Å². The highest BCUT2D eigenvalue weighted by Crippen LogP contribution is 2.15. The fraction of sp³-hybridized carbons (Fsp3) is 0.364. The van der Waals surface area contributed by atoms with Gasteiger partial charge in [-0.25, -0.2) is 0 Å². The lowest BCUT2D eigenvalue weighted by molar-refractivity contribution is 0.0672. The smallest absolute Gasteiger partial charge is 0.280 e. The first-order chi connectivity index (χ1) is 15.1. The fourth-order valence-electron chi connectivity index (χ4n) is 2.52. The van der Waals surface area contributed by atoms with E-state index in [-0.39, 0.29) is 12.5 Å². The fourth-order valence-corrected chi connectivity index (χ4v) is 2.52. The molecule has 0 aromatic heterocycles. The minimum Gasteiger partial charge on any atom is -0.470 e. The van der Waals surface area contributed by atoms with Crippen molar-refractivity contribution in [2.24, 2.45) is 20.6 Å². The minimum atomic E-state index is 0.179. The van der Waals surface area contributed by atoms with Crippen molar-refractivity contribution in [2.75, 3.05) is 26.9 Å². The molecule has 0 atom stereocenters. The summed E-state index contributed by atoms with van der Waals surface area (Å²) in [6.07, 6.45) is 2.14. The van der Waals surface area contributed by atoms with Gasteiger partial charge >= 0.3 is 0 Å². The van der Waals surface area contributed by atoms with Crippen LogP contribution in [0.15, 0.2) is 69.7 Å². The molecule has 2 rings (SSSR count). The zero-order valence-corrected chi connectivity index (χ0v) is 18.2. The second kappa shape index (κ2) is 12.8. The number of rotatable bonds is 12. The first-order valence-electron chi connectivity index (χ1n) is 9.70. The van der Waals surface area contributed by atoms with E-state index in [1.807, 2.05) is 31.2 Å². The molecule has 1 aromatic rings. The van der Waals surface area contributed by atoms with Crippen molar-refractivity contribution in [1.29, 1.82) is 0 Å². The Hall–Kier alpha value is -3.62. The molecule has 0 spiro atoms. The molecule has 0 aliphatic carbocycles. The number of ether oxygens (including phenoxy) is 1. The Morgan fingerprint density at radius 2 is 1.97 bits per heavy atom. The minimum absolute atomic E-state index is 0.179. The molecule has 31 heavy (non-hydrogen) atoms. The number of hydrogen-bond donors (Lipinski definition) is 0. The molecule has 1 aliphatic heterocycles. The third-order valence-corrected chi connectivity index (χ3v) is 3.89. The summed E-state index contributed by atoms with van der Waals surface area (Å²) in [5.41, 5.74) is 4.09. The Labute approximate surface area is 182 Å². The van der Waals surface area contributed by atoms with E-state index in [1.54, 1.807) is 13.0 Å². The third kappa shape index (κ3) is 7.61. The number of oxime groups is 4. The van der Waals surface area contributed by atoms with Crippen LogP contribution < -0.4 is 0 Å². The van der Waals surface area contributed by atoms with Crippen LogP contribution in [0, 0.1) is 0 Å². The van der Waals surface area contributed by atoms with E-state index in [0.717, 1.165) is 16.7 Å². The molecule has 0 radical (unpaired) electrons. The number of allylic oxidation sites excluding steroid dienone is 1. The van der Waals surface area contributed by atoms with E-state index in [1.165, 1.54) is 7.11 Å². The van der Waals surface area contributed by atoms with Crippen LogP contribution in [0.5, 0.6) is 0 Å². The lowest BCUT2D eigenvalue weighted by Crippen LogP contribution is -2.26. The predicted octanol–water partition coefficient (Wildman–Crippen LogP) is 3.81. The van der Waals surface area contributed by atoms with Gasteiger partial charge in [0, 0.05) is 17.5 Å². The Morgan fingerprint density at radius 1 is 1.16 bits per heavy atom. The highest BCUT2D eigenvalue weighted by atomic mass is 16.7. The Bertz CT molecular complexity index is 890. The van der Waals surface area contributed by atoms with Gasteiger partial charge in [-0.1, -0.05) is 64.5 Å². The molecule has 0 saturated carbocycles. The summed E-state index contributed by atoms with van der Waals surface area (Å²) >= 11 is 0. The average Bonchev–Trinajstić information content (AvgIpc) is 2.77. The third-order valence-electron chi connectivity index (χ3n) is 3.89. The van der Waals surface area contributed by atoms with Crippen molar-refractivity contribution < 1.29 is 24.1 Å². The molecule has 0 fully saturated rings. The van der Waals surface area contributed by atoms with Crippen molar-refractivity contribution in [2.45, 2.75) is 26.9 Å². The first kappa shape index (κ1) is 23.7. The van der Waals surface area contributed by atoms with Crippen molar-refractivity contribution in [1.82, 2.24) is 0 Å². The summed E-state index contributed by atoms with van der Waals surface area (Å²) in [5.74, 6) is 0.246. The van der Waals surface area contributed by atoms with Crippen LogP contribution in [-0.2, 0) is 30.7 Å². The highest BCUT2D eigenvalue weighted by molar-refractivity contribution is 6.45. The Balaban J connectivity index is 2.18. The molecular weight excluding hydrogens is 400 g/mol. The SMILES string of the molecule is C=CCO/N=C(CC(=C)C)/C(C)=N/OCc1ccccc1/C(=N\OC)C1=NOCCO1. The molecule has 0 N–H and O–H groups in total. The number of nitrogens with zero attached hydrogens (tertiary/aromatic N) is 4. The lowest BCUT2D eigenvalue weighted by Gasteiger charge is -2.16. The topological polar surface area (TPSA) is 95.6 Å². The van der Waals surface area contributed by atoms with Crippen LogP contribution in [-0.4, -0.2) is 50.0 Å². The predicted molar refractivity (Wildman–Crippen MR) is 120 cm³/mol. The van der Waals surface area contributed by atoms with Gasteiger partial charge in [-0.05, 0) is 19.0 Å². The second-order valence-electron chi connectivity index (χ2n) is 6.56. The van der Waals surface area contributed by atoms with E-state index in [0.29, 0.717) is 43.4 Å². The lowest BCUT2D eigenvalue weighted by atomic mass is 10.0. The van der Waals surface area contributed by atoms with Crippen molar-refractivity contribution >= 4 is 23.0 Å². The van der Waals surface area contributed by atoms with E-state index in [2.05, 4.69) is 33.8 Å². The molecule has 0 bridgehead atoms. The van der Waals surface area contributed by atoms with E-state index >= 15 is 0 Å². The summed E-state index contributed by atoms with van der Waals surface area (Å²) in [7, 11) is 1.45. The van der Waals surface area contributed by atoms with E-state index in [4.69, 9.17) is 24.1 Å². The molecule has 1 aromatic carbocycles. The van der Waals surface area contributed by atoms with Gasteiger partial charge in [-0.2, -0.15) is 0 Å². The molecular formula is C22H28N4O5.